The molecule has 6 rings (SSSR count). The van der Waals surface area contributed by atoms with Gasteiger partial charge in [0.2, 0.25) is 0 Å². The molecule has 5 atom stereocenters. The Hall–Kier alpha value is -3.61. The molecule has 3 saturated carbocycles. The van der Waals surface area contributed by atoms with Crippen molar-refractivity contribution in [3.8, 4) is 0 Å². The van der Waals surface area contributed by atoms with Gasteiger partial charge in [0, 0.05) is 0 Å². The van der Waals surface area contributed by atoms with Gasteiger partial charge in [0.05, 0.1) is 38.1 Å². The topological polar surface area (TPSA) is 141 Å². The lowest BCUT2D eigenvalue weighted by molar-refractivity contribution is -0.198. The fourth-order valence-electron chi connectivity index (χ4n) is 7.66. The van der Waals surface area contributed by atoms with Crippen LogP contribution in [0.4, 0.5) is 26.3 Å². The molecule has 0 aliphatic heterocycles. The van der Waals surface area contributed by atoms with Crippen LogP contribution in [-0.2, 0) is 49.9 Å². The van der Waals surface area contributed by atoms with E-state index in [1.54, 1.807) is 0 Å². The van der Waals surface area contributed by atoms with Crippen molar-refractivity contribution in [2.24, 2.45) is 23.7 Å². The molecule has 0 radical (unpaired) electrons. The van der Waals surface area contributed by atoms with Crippen LogP contribution in [0.5, 0.6) is 0 Å². The standard InChI is InChI=1S/C24H25O2S2.C13H14F6O7S/c25-28(26,23-14-8-3-9-15-23)24-18-16-22(17-19-24)27(20-10-4-1-5-11-20)21-12-6-2-7-13-21;14-12(15,16)3-25-10(20)8-5-1-6(7(2-5)27(22,23)24)9(8)11(21)26-4-13(17,18)19/h1-2,4-7,10-13,16-19,23H,3,8-9,14-15H2;5-9H,1-4H2,(H,22,23,24)/q+1;. The van der Waals surface area contributed by atoms with Gasteiger partial charge in [-0.2, -0.15) is 34.8 Å². The highest BCUT2D eigenvalue weighted by molar-refractivity contribution is 7.97. The minimum Gasteiger partial charge on any atom is -0.456 e. The SMILES string of the molecule is O=C(OCC(F)(F)F)C1C2CC(C1C(=O)OCC(F)(F)F)C(S(=O)(=O)O)C2.O=S(=O)(c1ccc([S+](c2ccccc2)c2ccccc2)cc1)C1CCCCC1. The van der Waals surface area contributed by atoms with Crippen molar-refractivity contribution in [2.45, 2.75) is 87.4 Å². The Bertz CT molecular complexity index is 1950. The molecule has 55 heavy (non-hydrogen) atoms. The predicted octanol–water partition coefficient (Wildman–Crippen LogP) is 7.61. The largest absolute Gasteiger partial charge is 0.456 e. The lowest BCUT2D eigenvalue weighted by Gasteiger charge is -2.31. The summed E-state index contributed by atoms with van der Waals surface area (Å²) < 4.78 is 140. The third-order valence-corrected chi connectivity index (χ3v) is 15.8. The average Bonchev–Trinajstić information content (AvgIpc) is 3.75. The molecule has 3 aromatic carbocycles. The van der Waals surface area contributed by atoms with Crippen LogP contribution in [-0.4, -0.2) is 69.4 Å². The molecule has 3 aromatic rings. The first-order valence-electron chi connectivity index (χ1n) is 17.4. The van der Waals surface area contributed by atoms with E-state index in [9.17, 15) is 57.3 Å². The molecule has 300 valence electrons. The number of halogens is 6. The number of carbonyl (C=O) groups excluding carboxylic acids is 2. The highest BCUT2D eigenvalue weighted by Crippen LogP contribution is 2.55. The Morgan fingerprint density at radius 3 is 1.56 bits per heavy atom. The Morgan fingerprint density at radius 2 is 1.11 bits per heavy atom. The summed E-state index contributed by atoms with van der Waals surface area (Å²) in [6.45, 7) is -3.98. The van der Waals surface area contributed by atoms with E-state index in [0.29, 0.717) is 4.90 Å². The van der Waals surface area contributed by atoms with E-state index in [4.69, 9.17) is 0 Å². The van der Waals surface area contributed by atoms with Crippen molar-refractivity contribution in [3.05, 3.63) is 84.9 Å². The minimum absolute atomic E-state index is 0.165. The molecular formula is C37H39F6O9S3+. The fourth-order valence-corrected chi connectivity index (χ4v) is 12.8. The molecule has 3 aliphatic carbocycles. The number of alkyl halides is 6. The third kappa shape index (κ3) is 10.8. The first kappa shape index (κ1) is 42.5. The Balaban J connectivity index is 0.000000211. The number of benzene rings is 3. The van der Waals surface area contributed by atoms with Gasteiger partial charge in [0.1, 0.15) is 0 Å². The minimum atomic E-state index is -4.90. The highest BCUT2D eigenvalue weighted by atomic mass is 32.2. The maximum Gasteiger partial charge on any atom is 0.422 e. The number of esters is 2. The summed E-state index contributed by atoms with van der Waals surface area (Å²) in [7, 11) is -8.17. The number of fused-ring (bicyclic) bond motifs is 2. The molecule has 3 fully saturated rings. The molecule has 0 saturated heterocycles. The van der Waals surface area contributed by atoms with E-state index in [0.717, 1.165) is 37.0 Å². The number of rotatable bonds is 10. The molecule has 0 amide bonds. The number of hydrogen-bond acceptors (Lipinski definition) is 8. The van der Waals surface area contributed by atoms with Crippen molar-refractivity contribution in [2.75, 3.05) is 13.2 Å². The van der Waals surface area contributed by atoms with Crippen molar-refractivity contribution in [3.63, 3.8) is 0 Å². The summed E-state index contributed by atoms with van der Waals surface area (Å²) in [6.07, 6.45) is -5.48. The first-order chi connectivity index (χ1) is 25.8. The average molecular weight is 838 g/mol. The van der Waals surface area contributed by atoms with Crippen LogP contribution >= 0.6 is 0 Å². The quantitative estimate of drug-likeness (QED) is 0.0946. The fraction of sp³-hybridized carbons (Fsp3) is 0.459. The Labute approximate surface area is 317 Å². The second-order valence-electron chi connectivity index (χ2n) is 13.7. The van der Waals surface area contributed by atoms with Gasteiger partial charge in [-0.05, 0) is 86.1 Å². The summed E-state index contributed by atoms with van der Waals surface area (Å²) in [6, 6.07) is 28.5. The van der Waals surface area contributed by atoms with Gasteiger partial charge in [0.25, 0.3) is 10.1 Å². The highest BCUT2D eigenvalue weighted by Gasteiger charge is 2.62. The van der Waals surface area contributed by atoms with E-state index in [2.05, 4.69) is 58.0 Å². The van der Waals surface area contributed by atoms with E-state index >= 15 is 0 Å². The van der Waals surface area contributed by atoms with Crippen LogP contribution in [0.15, 0.2) is 105 Å². The molecule has 9 nitrogen and oxygen atoms in total. The molecule has 5 unspecified atom stereocenters. The summed E-state index contributed by atoms with van der Waals surface area (Å²) in [5.41, 5.74) is 0. The number of carbonyl (C=O) groups is 2. The van der Waals surface area contributed by atoms with Crippen molar-refractivity contribution in [1.29, 1.82) is 0 Å². The second-order valence-corrected chi connectivity index (χ2v) is 19.5. The lowest BCUT2D eigenvalue weighted by Crippen LogP contribution is -2.44. The van der Waals surface area contributed by atoms with Gasteiger partial charge < -0.3 is 9.47 Å². The predicted molar refractivity (Wildman–Crippen MR) is 188 cm³/mol. The van der Waals surface area contributed by atoms with Crippen LogP contribution in [0.1, 0.15) is 44.9 Å². The normalized spacial score (nSPS) is 23.2. The molecule has 3 aliphatic rings. The van der Waals surface area contributed by atoms with Crippen LogP contribution in [0, 0.1) is 23.7 Å². The zero-order valence-corrected chi connectivity index (χ0v) is 31.6. The molecular weight excluding hydrogens is 799 g/mol. The van der Waals surface area contributed by atoms with Gasteiger partial charge in [-0.1, -0.05) is 55.7 Å². The Morgan fingerprint density at radius 1 is 0.655 bits per heavy atom. The van der Waals surface area contributed by atoms with Crippen molar-refractivity contribution < 1.29 is 66.8 Å². The number of ether oxygens (including phenoxy) is 2. The van der Waals surface area contributed by atoms with Gasteiger partial charge in [-0.15, -0.1) is 0 Å². The zero-order chi connectivity index (χ0) is 40.2. The van der Waals surface area contributed by atoms with Gasteiger partial charge in [-0.3, -0.25) is 14.1 Å². The zero-order valence-electron chi connectivity index (χ0n) is 29.1. The molecule has 0 heterocycles. The van der Waals surface area contributed by atoms with E-state index < -0.39 is 86.4 Å². The van der Waals surface area contributed by atoms with Crippen LogP contribution in [0.3, 0.4) is 0 Å². The maximum atomic E-state index is 13.0. The second kappa shape index (κ2) is 17.3. The molecule has 0 spiro atoms. The molecule has 0 aromatic heterocycles. The van der Waals surface area contributed by atoms with Gasteiger partial charge >= 0.3 is 24.3 Å². The molecule has 18 heteroatoms. The number of hydrogen-bond donors (Lipinski definition) is 1. The lowest BCUT2D eigenvalue weighted by atomic mass is 9.79. The van der Waals surface area contributed by atoms with Gasteiger partial charge in [-0.25, -0.2) is 8.42 Å². The van der Waals surface area contributed by atoms with Crippen LogP contribution < -0.4 is 0 Å². The van der Waals surface area contributed by atoms with Crippen molar-refractivity contribution >= 4 is 42.8 Å². The Kier molecular flexibility index (Phi) is 13.3. The maximum absolute atomic E-state index is 13.0. The van der Waals surface area contributed by atoms with Crippen LogP contribution in [0.2, 0.25) is 0 Å². The summed E-state index contributed by atoms with van der Waals surface area (Å²) >= 11 is 0. The molecule has 1 N–H and O–H groups in total. The smallest absolute Gasteiger partial charge is 0.422 e. The van der Waals surface area contributed by atoms with E-state index in [1.165, 1.54) is 9.79 Å². The summed E-state index contributed by atoms with van der Waals surface area (Å²) in [5, 5.41) is -1.74. The van der Waals surface area contributed by atoms with Crippen LogP contribution in [0.25, 0.3) is 0 Å². The first-order valence-corrected chi connectivity index (χ1v) is 21.6. The summed E-state index contributed by atoms with van der Waals surface area (Å²) in [5.74, 6) is -8.64. The third-order valence-electron chi connectivity index (χ3n) is 9.96. The number of sulfone groups is 1. The van der Waals surface area contributed by atoms with Gasteiger partial charge in [0.15, 0.2) is 37.7 Å². The van der Waals surface area contributed by atoms with Crippen molar-refractivity contribution in [1.82, 2.24) is 0 Å². The van der Waals surface area contributed by atoms with E-state index in [-0.39, 0.29) is 29.0 Å². The monoisotopic (exact) mass is 837 g/mol. The molecule has 2 bridgehead atoms. The summed E-state index contributed by atoms with van der Waals surface area (Å²) in [4.78, 5) is 28.1. The van der Waals surface area contributed by atoms with E-state index in [1.807, 2.05) is 36.4 Å².